The minimum absolute atomic E-state index is 0.511. The zero-order valence-electron chi connectivity index (χ0n) is 10.7. The summed E-state index contributed by atoms with van der Waals surface area (Å²) < 4.78 is 5.22. The summed E-state index contributed by atoms with van der Waals surface area (Å²) in [5, 5.41) is 0. The first-order valence-corrected chi connectivity index (χ1v) is 5.75. The van der Waals surface area contributed by atoms with E-state index in [-0.39, 0.29) is 0 Å². The van der Waals surface area contributed by atoms with Crippen LogP contribution in [0.15, 0.2) is 18.2 Å². The van der Waals surface area contributed by atoms with E-state index in [9.17, 15) is 0 Å². The van der Waals surface area contributed by atoms with Crippen LogP contribution in [0.25, 0.3) is 0 Å². The second-order valence-corrected chi connectivity index (χ2v) is 4.21. The van der Waals surface area contributed by atoms with Gasteiger partial charge < -0.3 is 15.4 Å². The minimum atomic E-state index is 0.511. The molecule has 0 bridgehead atoms. The van der Waals surface area contributed by atoms with Crippen LogP contribution in [0.3, 0.4) is 0 Å². The molecule has 0 heterocycles. The molecule has 0 aliphatic rings. The topological polar surface area (TPSA) is 38.5 Å². The fourth-order valence-electron chi connectivity index (χ4n) is 1.79. The van der Waals surface area contributed by atoms with Crippen LogP contribution in [0, 0.1) is 0 Å². The fraction of sp³-hybridized carbons (Fsp3) is 0.538. The van der Waals surface area contributed by atoms with Gasteiger partial charge in [-0.3, -0.25) is 0 Å². The summed E-state index contributed by atoms with van der Waals surface area (Å²) >= 11 is 0. The summed E-state index contributed by atoms with van der Waals surface area (Å²) in [7, 11) is 3.75. The van der Waals surface area contributed by atoms with Crippen molar-refractivity contribution < 1.29 is 4.74 Å². The molecule has 0 amide bonds. The maximum Gasteiger partial charge on any atom is 0.122 e. The van der Waals surface area contributed by atoms with Crippen LogP contribution in [0.2, 0.25) is 0 Å². The van der Waals surface area contributed by atoms with Crippen LogP contribution in [0.4, 0.5) is 11.4 Å². The normalized spacial score (nSPS) is 12.2. The molecule has 0 aromatic heterocycles. The van der Waals surface area contributed by atoms with Gasteiger partial charge in [-0.1, -0.05) is 13.3 Å². The molecule has 0 saturated carbocycles. The van der Waals surface area contributed by atoms with Crippen molar-refractivity contribution >= 4 is 11.4 Å². The first-order valence-electron chi connectivity index (χ1n) is 5.75. The summed E-state index contributed by atoms with van der Waals surface area (Å²) in [6, 6.07) is 6.34. The van der Waals surface area contributed by atoms with Gasteiger partial charge in [0.2, 0.25) is 0 Å². The standard InChI is InChI=1S/C13H22N2O/c1-5-6-10(2)15(3)12-7-11(14)8-13(9-12)16-4/h7-10H,5-6,14H2,1-4H3. The van der Waals surface area contributed by atoms with Gasteiger partial charge in [-0.15, -0.1) is 0 Å². The zero-order chi connectivity index (χ0) is 12.1. The number of methoxy groups -OCH3 is 1. The van der Waals surface area contributed by atoms with E-state index in [0.29, 0.717) is 6.04 Å². The van der Waals surface area contributed by atoms with Crippen LogP contribution in [0.5, 0.6) is 5.75 Å². The quantitative estimate of drug-likeness (QED) is 0.778. The molecule has 0 fully saturated rings. The first-order chi connectivity index (χ1) is 7.58. The Balaban J connectivity index is 2.89. The number of hydrogen-bond acceptors (Lipinski definition) is 3. The number of hydrogen-bond donors (Lipinski definition) is 1. The van der Waals surface area contributed by atoms with Gasteiger partial charge >= 0.3 is 0 Å². The summed E-state index contributed by atoms with van der Waals surface area (Å²) in [5.41, 5.74) is 7.69. The number of anilines is 2. The average Bonchev–Trinajstić information content (AvgIpc) is 2.27. The number of nitrogens with zero attached hydrogens (tertiary/aromatic N) is 1. The molecule has 3 nitrogen and oxygen atoms in total. The van der Waals surface area contributed by atoms with Crippen molar-refractivity contribution in [3.8, 4) is 5.75 Å². The minimum Gasteiger partial charge on any atom is -0.497 e. The van der Waals surface area contributed by atoms with Gasteiger partial charge in [0, 0.05) is 36.6 Å². The molecule has 0 spiro atoms. The van der Waals surface area contributed by atoms with Crippen molar-refractivity contribution in [3.63, 3.8) is 0 Å². The molecular weight excluding hydrogens is 200 g/mol. The van der Waals surface area contributed by atoms with E-state index in [4.69, 9.17) is 10.5 Å². The van der Waals surface area contributed by atoms with Gasteiger partial charge in [0.1, 0.15) is 5.75 Å². The Morgan fingerprint density at radius 2 is 2.06 bits per heavy atom. The molecule has 1 atom stereocenters. The van der Waals surface area contributed by atoms with Gasteiger partial charge in [-0.2, -0.15) is 0 Å². The second-order valence-electron chi connectivity index (χ2n) is 4.21. The van der Waals surface area contributed by atoms with Gasteiger partial charge in [0.25, 0.3) is 0 Å². The van der Waals surface area contributed by atoms with E-state index in [0.717, 1.165) is 17.1 Å². The second kappa shape index (κ2) is 5.64. The van der Waals surface area contributed by atoms with Crippen LogP contribution >= 0.6 is 0 Å². The molecule has 1 aromatic carbocycles. The predicted molar refractivity (Wildman–Crippen MR) is 70.2 cm³/mol. The average molecular weight is 222 g/mol. The molecule has 1 aromatic rings. The van der Waals surface area contributed by atoms with Crippen molar-refractivity contribution in [1.82, 2.24) is 0 Å². The SMILES string of the molecule is CCCC(C)N(C)c1cc(N)cc(OC)c1. The number of benzene rings is 1. The van der Waals surface area contributed by atoms with Crippen LogP contribution in [-0.2, 0) is 0 Å². The summed E-state index contributed by atoms with van der Waals surface area (Å²) in [6.45, 7) is 4.42. The predicted octanol–water partition coefficient (Wildman–Crippen LogP) is 2.90. The lowest BCUT2D eigenvalue weighted by molar-refractivity contribution is 0.415. The Morgan fingerprint density at radius 3 is 2.62 bits per heavy atom. The van der Waals surface area contributed by atoms with E-state index in [1.807, 2.05) is 18.2 Å². The summed E-state index contributed by atoms with van der Waals surface area (Å²) in [4.78, 5) is 2.24. The van der Waals surface area contributed by atoms with E-state index >= 15 is 0 Å². The zero-order valence-corrected chi connectivity index (χ0v) is 10.7. The molecule has 0 aliphatic heterocycles. The number of nitrogen functional groups attached to an aromatic ring is 1. The van der Waals surface area contributed by atoms with Crippen molar-refractivity contribution in [2.45, 2.75) is 32.7 Å². The molecule has 2 N–H and O–H groups in total. The highest BCUT2D eigenvalue weighted by atomic mass is 16.5. The van der Waals surface area contributed by atoms with Crippen molar-refractivity contribution in [2.75, 3.05) is 24.8 Å². The molecule has 0 radical (unpaired) electrons. The highest BCUT2D eigenvalue weighted by Gasteiger charge is 2.10. The third-order valence-electron chi connectivity index (χ3n) is 2.92. The van der Waals surface area contributed by atoms with Crippen LogP contribution < -0.4 is 15.4 Å². The third-order valence-corrected chi connectivity index (χ3v) is 2.92. The number of nitrogens with two attached hydrogens (primary N) is 1. The molecule has 3 heteroatoms. The van der Waals surface area contributed by atoms with Gasteiger partial charge in [0.05, 0.1) is 7.11 Å². The monoisotopic (exact) mass is 222 g/mol. The largest absolute Gasteiger partial charge is 0.497 e. The first kappa shape index (κ1) is 12.7. The molecule has 0 saturated heterocycles. The smallest absolute Gasteiger partial charge is 0.122 e. The van der Waals surface area contributed by atoms with Crippen molar-refractivity contribution in [2.24, 2.45) is 0 Å². The Morgan fingerprint density at radius 1 is 1.38 bits per heavy atom. The Kier molecular flexibility index (Phi) is 4.47. The van der Waals surface area contributed by atoms with Gasteiger partial charge in [-0.25, -0.2) is 0 Å². The number of ether oxygens (including phenoxy) is 1. The van der Waals surface area contributed by atoms with Gasteiger partial charge in [0.15, 0.2) is 0 Å². The van der Waals surface area contributed by atoms with E-state index < -0.39 is 0 Å². The lowest BCUT2D eigenvalue weighted by Crippen LogP contribution is -2.28. The maximum atomic E-state index is 5.84. The Labute approximate surface area is 98.2 Å². The van der Waals surface area contributed by atoms with Crippen molar-refractivity contribution in [3.05, 3.63) is 18.2 Å². The number of rotatable bonds is 5. The fourth-order valence-corrected chi connectivity index (χ4v) is 1.79. The Hall–Kier alpha value is -1.38. The Bertz CT molecular complexity index is 339. The molecule has 0 aliphatic carbocycles. The van der Waals surface area contributed by atoms with Crippen molar-refractivity contribution in [1.29, 1.82) is 0 Å². The highest BCUT2D eigenvalue weighted by molar-refractivity contribution is 5.60. The third kappa shape index (κ3) is 3.05. The van der Waals surface area contributed by atoms with Crippen LogP contribution in [-0.4, -0.2) is 20.2 Å². The van der Waals surface area contributed by atoms with E-state index in [2.05, 4.69) is 25.8 Å². The lowest BCUT2D eigenvalue weighted by Gasteiger charge is -2.27. The highest BCUT2D eigenvalue weighted by Crippen LogP contribution is 2.26. The summed E-state index contributed by atoms with van der Waals surface area (Å²) in [5.74, 6) is 0.811. The van der Waals surface area contributed by atoms with E-state index in [1.54, 1.807) is 7.11 Å². The summed E-state index contributed by atoms with van der Waals surface area (Å²) in [6.07, 6.45) is 2.36. The molecule has 16 heavy (non-hydrogen) atoms. The molecular formula is C13H22N2O. The van der Waals surface area contributed by atoms with Gasteiger partial charge in [-0.05, 0) is 19.4 Å². The van der Waals surface area contributed by atoms with Crippen LogP contribution in [0.1, 0.15) is 26.7 Å². The maximum absolute atomic E-state index is 5.84. The lowest BCUT2D eigenvalue weighted by atomic mass is 10.1. The molecule has 1 rings (SSSR count). The molecule has 90 valence electrons. The van der Waals surface area contributed by atoms with E-state index in [1.165, 1.54) is 12.8 Å². The molecule has 1 unspecified atom stereocenters.